The molecule has 24 heavy (non-hydrogen) atoms. The zero-order chi connectivity index (χ0) is 17.9. The number of ether oxygens (including phenoxy) is 1. The quantitative estimate of drug-likeness (QED) is 0.705. The van der Waals surface area contributed by atoms with Crippen LogP contribution in [0.3, 0.4) is 0 Å². The van der Waals surface area contributed by atoms with Crippen molar-refractivity contribution in [1.82, 2.24) is 10.2 Å². The Labute approximate surface area is 142 Å². The number of nitrogens with one attached hydrogen (secondary N) is 1. The second-order valence-corrected chi connectivity index (χ2v) is 6.81. The second-order valence-electron chi connectivity index (χ2n) is 6.81. The van der Waals surface area contributed by atoms with Crippen LogP contribution in [0.15, 0.2) is 0 Å². The van der Waals surface area contributed by atoms with E-state index < -0.39 is 30.1 Å². The molecular weight excluding hydrogens is 312 g/mol. The van der Waals surface area contributed by atoms with Crippen LogP contribution in [0.25, 0.3) is 0 Å². The van der Waals surface area contributed by atoms with Crippen molar-refractivity contribution in [3.8, 4) is 0 Å². The first-order valence-electron chi connectivity index (χ1n) is 8.84. The predicted octanol–water partition coefficient (Wildman–Crippen LogP) is 1.16. The molecule has 1 amide bonds. The van der Waals surface area contributed by atoms with E-state index in [0.29, 0.717) is 6.42 Å². The van der Waals surface area contributed by atoms with Gasteiger partial charge in [-0.25, -0.2) is 4.79 Å². The van der Waals surface area contributed by atoms with Gasteiger partial charge in [0.25, 0.3) is 0 Å². The standard InChI is InChI=1S/C17H28N2O5/c1-4-24-17(23)11(3)18-10(2)15(20)19-13-8-6-5-7-12(13)9-14(19)16(21)22/h10-14,18H,4-9H2,1-3H3,(H,21,22)/t10-,11?,12?,13?,14?/m0/s1. The van der Waals surface area contributed by atoms with Crippen molar-refractivity contribution in [2.75, 3.05) is 6.61 Å². The summed E-state index contributed by atoms with van der Waals surface area (Å²) in [6.45, 7) is 5.32. The highest BCUT2D eigenvalue weighted by molar-refractivity contribution is 5.88. The molecule has 7 nitrogen and oxygen atoms in total. The number of rotatable bonds is 6. The van der Waals surface area contributed by atoms with Crippen molar-refractivity contribution < 1.29 is 24.2 Å². The Kier molecular flexibility index (Phi) is 6.21. The highest BCUT2D eigenvalue weighted by Gasteiger charge is 2.48. The maximum atomic E-state index is 12.9. The fourth-order valence-electron chi connectivity index (χ4n) is 4.00. The molecule has 1 saturated heterocycles. The van der Waals surface area contributed by atoms with Gasteiger partial charge in [-0.1, -0.05) is 12.8 Å². The summed E-state index contributed by atoms with van der Waals surface area (Å²) in [6, 6.07) is -1.99. The molecule has 5 atom stereocenters. The number of carbonyl (C=O) groups excluding carboxylic acids is 2. The molecule has 1 heterocycles. The van der Waals surface area contributed by atoms with E-state index in [4.69, 9.17) is 4.74 Å². The molecule has 2 N–H and O–H groups in total. The molecule has 4 unspecified atom stereocenters. The lowest BCUT2D eigenvalue weighted by Gasteiger charge is -2.35. The third-order valence-electron chi connectivity index (χ3n) is 5.14. The third-order valence-corrected chi connectivity index (χ3v) is 5.14. The number of hydrogen-bond donors (Lipinski definition) is 2. The number of esters is 1. The van der Waals surface area contributed by atoms with Gasteiger partial charge in [0.2, 0.25) is 5.91 Å². The van der Waals surface area contributed by atoms with Gasteiger partial charge < -0.3 is 14.7 Å². The summed E-state index contributed by atoms with van der Waals surface area (Å²) in [7, 11) is 0. The molecule has 1 saturated carbocycles. The Morgan fingerprint density at radius 2 is 1.88 bits per heavy atom. The molecule has 2 fully saturated rings. The number of likely N-dealkylation sites (tertiary alicyclic amines) is 1. The number of carboxylic acids is 1. The monoisotopic (exact) mass is 340 g/mol. The molecule has 0 spiro atoms. The maximum absolute atomic E-state index is 12.9. The zero-order valence-electron chi connectivity index (χ0n) is 14.7. The molecule has 1 aliphatic carbocycles. The van der Waals surface area contributed by atoms with E-state index in [-0.39, 0.29) is 24.5 Å². The minimum atomic E-state index is -0.941. The van der Waals surface area contributed by atoms with Crippen LogP contribution in [0.4, 0.5) is 0 Å². The summed E-state index contributed by atoms with van der Waals surface area (Å²) in [5.41, 5.74) is 0. The molecule has 0 radical (unpaired) electrons. The van der Waals surface area contributed by atoms with Crippen LogP contribution in [0.2, 0.25) is 0 Å². The lowest BCUT2D eigenvalue weighted by molar-refractivity contribution is -0.151. The van der Waals surface area contributed by atoms with E-state index in [0.717, 1.165) is 25.7 Å². The number of fused-ring (bicyclic) bond motifs is 1. The second kappa shape index (κ2) is 7.96. The van der Waals surface area contributed by atoms with E-state index in [2.05, 4.69) is 5.32 Å². The van der Waals surface area contributed by atoms with Gasteiger partial charge in [0.15, 0.2) is 0 Å². The van der Waals surface area contributed by atoms with Crippen LogP contribution in [0, 0.1) is 5.92 Å². The van der Waals surface area contributed by atoms with Gasteiger partial charge in [0.1, 0.15) is 12.1 Å². The number of aliphatic carboxylic acids is 1. The molecule has 0 aromatic carbocycles. The molecule has 136 valence electrons. The van der Waals surface area contributed by atoms with Gasteiger partial charge in [-0.2, -0.15) is 0 Å². The fourth-order valence-corrected chi connectivity index (χ4v) is 4.00. The van der Waals surface area contributed by atoms with Crippen molar-refractivity contribution in [3.05, 3.63) is 0 Å². The molecule has 0 aromatic heterocycles. The van der Waals surface area contributed by atoms with Gasteiger partial charge in [-0.15, -0.1) is 0 Å². The summed E-state index contributed by atoms with van der Waals surface area (Å²) in [4.78, 5) is 37.8. The van der Waals surface area contributed by atoms with E-state index in [9.17, 15) is 19.5 Å². The van der Waals surface area contributed by atoms with Crippen LogP contribution < -0.4 is 5.32 Å². The number of carboxylic acid groups (broad SMARTS) is 1. The highest BCUT2D eigenvalue weighted by Crippen LogP contribution is 2.40. The van der Waals surface area contributed by atoms with Crippen LogP contribution in [-0.2, 0) is 19.1 Å². The van der Waals surface area contributed by atoms with Crippen LogP contribution in [-0.4, -0.2) is 58.6 Å². The smallest absolute Gasteiger partial charge is 0.326 e. The van der Waals surface area contributed by atoms with E-state index in [1.165, 1.54) is 0 Å². The Bertz CT molecular complexity index is 495. The van der Waals surface area contributed by atoms with Gasteiger partial charge in [-0.3, -0.25) is 14.9 Å². The normalized spacial score (nSPS) is 28.8. The van der Waals surface area contributed by atoms with Crippen LogP contribution in [0.5, 0.6) is 0 Å². The Morgan fingerprint density at radius 1 is 1.21 bits per heavy atom. The summed E-state index contributed by atoms with van der Waals surface area (Å²) < 4.78 is 4.93. The lowest BCUT2D eigenvalue weighted by Crippen LogP contribution is -2.55. The first kappa shape index (κ1) is 18.7. The average molecular weight is 340 g/mol. The summed E-state index contributed by atoms with van der Waals surface area (Å²) in [5.74, 6) is -1.32. The maximum Gasteiger partial charge on any atom is 0.326 e. The topological polar surface area (TPSA) is 95.9 Å². The summed E-state index contributed by atoms with van der Waals surface area (Å²) in [5, 5.41) is 12.5. The zero-order valence-corrected chi connectivity index (χ0v) is 14.7. The number of carbonyl (C=O) groups is 3. The summed E-state index contributed by atoms with van der Waals surface area (Å²) >= 11 is 0. The number of amides is 1. The van der Waals surface area contributed by atoms with Crippen molar-refractivity contribution in [2.45, 2.75) is 77.0 Å². The molecule has 2 aliphatic rings. The van der Waals surface area contributed by atoms with Gasteiger partial charge in [-0.05, 0) is 46.0 Å². The molecule has 2 rings (SSSR count). The minimum Gasteiger partial charge on any atom is -0.480 e. The minimum absolute atomic E-state index is 0.00880. The van der Waals surface area contributed by atoms with Gasteiger partial charge in [0.05, 0.1) is 12.6 Å². The third kappa shape index (κ3) is 3.88. The average Bonchev–Trinajstić information content (AvgIpc) is 2.93. The Morgan fingerprint density at radius 3 is 2.50 bits per heavy atom. The molecule has 0 aromatic rings. The first-order valence-corrected chi connectivity index (χ1v) is 8.84. The van der Waals surface area contributed by atoms with Gasteiger partial charge in [0, 0.05) is 6.04 Å². The Balaban J connectivity index is 2.07. The van der Waals surface area contributed by atoms with Crippen molar-refractivity contribution >= 4 is 17.8 Å². The summed E-state index contributed by atoms with van der Waals surface area (Å²) in [6.07, 6.45) is 4.51. The van der Waals surface area contributed by atoms with Gasteiger partial charge >= 0.3 is 11.9 Å². The van der Waals surface area contributed by atoms with Crippen LogP contribution in [0.1, 0.15) is 52.9 Å². The molecular formula is C17H28N2O5. The van der Waals surface area contributed by atoms with E-state index in [1.807, 2.05) is 0 Å². The first-order chi connectivity index (χ1) is 11.4. The van der Waals surface area contributed by atoms with Crippen molar-refractivity contribution in [2.24, 2.45) is 5.92 Å². The number of hydrogen-bond acceptors (Lipinski definition) is 5. The lowest BCUT2D eigenvalue weighted by atomic mass is 9.84. The van der Waals surface area contributed by atoms with E-state index in [1.54, 1.807) is 25.7 Å². The van der Waals surface area contributed by atoms with Crippen LogP contribution >= 0.6 is 0 Å². The SMILES string of the molecule is CCOC(=O)C(C)N[C@@H](C)C(=O)N1C(C(=O)O)CC2CCCCC21. The van der Waals surface area contributed by atoms with Crippen molar-refractivity contribution in [3.63, 3.8) is 0 Å². The highest BCUT2D eigenvalue weighted by atomic mass is 16.5. The molecule has 7 heteroatoms. The van der Waals surface area contributed by atoms with E-state index >= 15 is 0 Å². The predicted molar refractivity (Wildman–Crippen MR) is 87.3 cm³/mol. The molecule has 0 bridgehead atoms. The fraction of sp³-hybridized carbons (Fsp3) is 0.824. The van der Waals surface area contributed by atoms with Crippen molar-refractivity contribution in [1.29, 1.82) is 0 Å². The Hall–Kier alpha value is -1.63. The molecule has 1 aliphatic heterocycles. The largest absolute Gasteiger partial charge is 0.480 e. The number of nitrogens with zero attached hydrogens (tertiary/aromatic N) is 1.